The molecule has 21 heavy (non-hydrogen) atoms. The van der Waals surface area contributed by atoms with E-state index in [0.717, 1.165) is 25.7 Å². The second kappa shape index (κ2) is 5.34. The lowest BCUT2D eigenvalue weighted by Gasteiger charge is -2.42. The molecule has 0 unspecified atom stereocenters. The Kier molecular flexibility index (Phi) is 3.66. The fourth-order valence-corrected chi connectivity index (χ4v) is 3.75. The third kappa shape index (κ3) is 2.64. The van der Waals surface area contributed by atoms with Crippen molar-refractivity contribution in [1.82, 2.24) is 0 Å². The molecule has 0 radical (unpaired) electrons. The zero-order valence-electron chi connectivity index (χ0n) is 11.8. The van der Waals surface area contributed by atoms with Gasteiger partial charge in [-0.15, -0.1) is 0 Å². The number of imide groups is 1. The largest absolute Gasteiger partial charge is 0.506 e. The molecule has 3 rings (SSSR count). The molecule has 1 saturated heterocycles. The van der Waals surface area contributed by atoms with Crippen LogP contribution in [0.3, 0.4) is 0 Å². The van der Waals surface area contributed by atoms with Crippen molar-refractivity contribution in [2.24, 2.45) is 5.41 Å². The van der Waals surface area contributed by atoms with Gasteiger partial charge in [0.15, 0.2) is 0 Å². The number of piperidine rings is 1. The lowest BCUT2D eigenvalue weighted by Crippen LogP contribution is -2.48. The maximum Gasteiger partial charge on any atom is 0.234 e. The van der Waals surface area contributed by atoms with E-state index in [1.165, 1.54) is 23.5 Å². The lowest BCUT2D eigenvalue weighted by molar-refractivity contribution is -0.134. The summed E-state index contributed by atoms with van der Waals surface area (Å²) in [7, 11) is 0. The monoisotopic (exact) mass is 307 g/mol. The summed E-state index contributed by atoms with van der Waals surface area (Å²) in [6, 6.07) is 4.42. The number of aromatic hydroxyl groups is 1. The van der Waals surface area contributed by atoms with Crippen molar-refractivity contribution in [2.75, 3.05) is 4.90 Å². The Bertz CT molecular complexity index is 573. The Hall–Kier alpha value is -1.55. The van der Waals surface area contributed by atoms with Crippen molar-refractivity contribution >= 4 is 29.1 Å². The van der Waals surface area contributed by atoms with Crippen LogP contribution in [0.25, 0.3) is 0 Å². The number of hydrogen-bond donors (Lipinski definition) is 1. The van der Waals surface area contributed by atoms with E-state index in [2.05, 4.69) is 0 Å². The second-order valence-electron chi connectivity index (χ2n) is 6.17. The first kappa shape index (κ1) is 14.4. The molecule has 5 heteroatoms. The van der Waals surface area contributed by atoms with Gasteiger partial charge in [0, 0.05) is 12.8 Å². The number of phenols is 1. The number of carbonyl (C=O) groups is 2. The van der Waals surface area contributed by atoms with E-state index in [4.69, 9.17) is 11.6 Å². The molecule has 1 spiro atoms. The van der Waals surface area contributed by atoms with E-state index in [0.29, 0.717) is 18.5 Å². The number of anilines is 1. The molecule has 2 amide bonds. The van der Waals surface area contributed by atoms with Crippen LogP contribution in [0.4, 0.5) is 5.69 Å². The van der Waals surface area contributed by atoms with E-state index < -0.39 is 0 Å². The SMILES string of the molecule is O=C1CC2(CCCCC2)CC(=O)N1c1ccc(O)c(Cl)c1. The van der Waals surface area contributed by atoms with E-state index in [1.54, 1.807) is 6.07 Å². The van der Waals surface area contributed by atoms with Gasteiger partial charge in [-0.2, -0.15) is 0 Å². The van der Waals surface area contributed by atoms with Crippen LogP contribution < -0.4 is 4.90 Å². The lowest BCUT2D eigenvalue weighted by atomic mass is 9.67. The molecule has 1 N–H and O–H groups in total. The van der Waals surface area contributed by atoms with Gasteiger partial charge in [-0.3, -0.25) is 14.5 Å². The minimum atomic E-state index is -0.157. The molecular weight excluding hydrogens is 290 g/mol. The van der Waals surface area contributed by atoms with Crippen molar-refractivity contribution in [2.45, 2.75) is 44.9 Å². The quantitative estimate of drug-likeness (QED) is 0.806. The van der Waals surface area contributed by atoms with E-state index in [-0.39, 0.29) is 28.0 Å². The molecular formula is C16H18ClNO3. The summed E-state index contributed by atoms with van der Waals surface area (Å²) in [5.74, 6) is -0.370. The normalized spacial score (nSPS) is 21.9. The van der Waals surface area contributed by atoms with Crippen LogP contribution in [0.5, 0.6) is 5.75 Å². The highest BCUT2D eigenvalue weighted by atomic mass is 35.5. The average molecular weight is 308 g/mol. The van der Waals surface area contributed by atoms with Gasteiger partial charge in [0.2, 0.25) is 11.8 Å². The van der Waals surface area contributed by atoms with Crippen LogP contribution in [-0.2, 0) is 9.59 Å². The predicted molar refractivity (Wildman–Crippen MR) is 80.4 cm³/mol. The molecule has 112 valence electrons. The highest BCUT2D eigenvalue weighted by molar-refractivity contribution is 6.32. The zero-order chi connectivity index (χ0) is 15.0. The summed E-state index contributed by atoms with van der Waals surface area (Å²) in [5.41, 5.74) is 0.322. The van der Waals surface area contributed by atoms with Gasteiger partial charge in [0.25, 0.3) is 0 Å². The summed E-state index contributed by atoms with van der Waals surface area (Å²) >= 11 is 5.87. The van der Waals surface area contributed by atoms with Crippen molar-refractivity contribution in [3.63, 3.8) is 0 Å². The molecule has 1 aliphatic carbocycles. The standard InChI is InChI=1S/C16H18ClNO3/c17-12-8-11(4-5-13(12)19)18-14(20)9-16(10-15(18)21)6-2-1-3-7-16/h4-5,8,19H,1-3,6-7,9-10H2. The third-order valence-electron chi connectivity index (χ3n) is 4.65. The number of benzene rings is 1. The molecule has 2 aliphatic rings. The fraction of sp³-hybridized carbons (Fsp3) is 0.500. The molecule has 0 bridgehead atoms. The third-order valence-corrected chi connectivity index (χ3v) is 4.96. The maximum atomic E-state index is 12.5. The smallest absolute Gasteiger partial charge is 0.234 e. The number of phenolic OH excluding ortho intramolecular Hbond substituents is 1. The van der Waals surface area contributed by atoms with Crippen LogP contribution in [0.1, 0.15) is 44.9 Å². The number of nitrogens with zero attached hydrogens (tertiary/aromatic N) is 1. The maximum absolute atomic E-state index is 12.5. The first-order chi connectivity index (χ1) is 10.0. The van der Waals surface area contributed by atoms with Crippen LogP contribution >= 0.6 is 11.6 Å². The fourth-order valence-electron chi connectivity index (χ4n) is 3.58. The molecule has 1 aliphatic heterocycles. The number of halogens is 1. The molecule has 0 aromatic heterocycles. The average Bonchev–Trinajstić information content (AvgIpc) is 2.42. The number of carbonyl (C=O) groups excluding carboxylic acids is 2. The van der Waals surface area contributed by atoms with Crippen molar-refractivity contribution in [3.05, 3.63) is 23.2 Å². The Morgan fingerprint density at radius 1 is 1.05 bits per heavy atom. The summed E-state index contributed by atoms with van der Waals surface area (Å²) in [6.07, 6.45) is 6.19. The first-order valence-electron chi connectivity index (χ1n) is 7.35. The summed E-state index contributed by atoms with van der Waals surface area (Å²) in [6.45, 7) is 0. The number of amides is 2. The Balaban J connectivity index is 1.86. The van der Waals surface area contributed by atoms with Crippen LogP contribution in [0.15, 0.2) is 18.2 Å². The molecule has 2 fully saturated rings. The topological polar surface area (TPSA) is 57.6 Å². The van der Waals surface area contributed by atoms with Gasteiger partial charge < -0.3 is 5.11 Å². The van der Waals surface area contributed by atoms with E-state index in [1.807, 2.05) is 0 Å². The highest BCUT2D eigenvalue weighted by Gasteiger charge is 2.44. The zero-order valence-corrected chi connectivity index (χ0v) is 12.5. The Morgan fingerprint density at radius 2 is 1.67 bits per heavy atom. The molecule has 1 aromatic carbocycles. The van der Waals surface area contributed by atoms with Gasteiger partial charge in [-0.1, -0.05) is 30.9 Å². The highest BCUT2D eigenvalue weighted by Crippen LogP contribution is 2.46. The minimum absolute atomic E-state index is 0.0546. The number of rotatable bonds is 1. The van der Waals surface area contributed by atoms with Gasteiger partial charge in [0.1, 0.15) is 5.75 Å². The van der Waals surface area contributed by atoms with Crippen molar-refractivity contribution in [3.8, 4) is 5.75 Å². The van der Waals surface area contributed by atoms with Gasteiger partial charge in [0.05, 0.1) is 10.7 Å². The van der Waals surface area contributed by atoms with Gasteiger partial charge in [-0.25, -0.2) is 0 Å². The second-order valence-corrected chi connectivity index (χ2v) is 6.58. The molecule has 1 saturated carbocycles. The molecule has 0 atom stereocenters. The molecule has 1 aromatic rings. The Morgan fingerprint density at radius 3 is 2.24 bits per heavy atom. The predicted octanol–water partition coefficient (Wildman–Crippen LogP) is 3.65. The van der Waals surface area contributed by atoms with Crippen LogP contribution in [0.2, 0.25) is 5.02 Å². The summed E-state index contributed by atoms with van der Waals surface area (Å²) in [5, 5.41) is 9.60. The van der Waals surface area contributed by atoms with E-state index in [9.17, 15) is 14.7 Å². The molecule has 1 heterocycles. The van der Waals surface area contributed by atoms with Crippen molar-refractivity contribution in [1.29, 1.82) is 0 Å². The summed E-state index contributed by atoms with van der Waals surface area (Å²) in [4.78, 5) is 26.2. The van der Waals surface area contributed by atoms with Gasteiger partial charge >= 0.3 is 0 Å². The Labute approximate surface area is 128 Å². The molecule has 4 nitrogen and oxygen atoms in total. The number of hydrogen-bond acceptors (Lipinski definition) is 3. The van der Waals surface area contributed by atoms with E-state index >= 15 is 0 Å². The summed E-state index contributed by atoms with van der Waals surface area (Å²) < 4.78 is 0. The van der Waals surface area contributed by atoms with Crippen molar-refractivity contribution < 1.29 is 14.7 Å². The minimum Gasteiger partial charge on any atom is -0.506 e. The first-order valence-corrected chi connectivity index (χ1v) is 7.73. The van der Waals surface area contributed by atoms with Crippen LogP contribution in [0, 0.1) is 5.41 Å². The van der Waals surface area contributed by atoms with Crippen LogP contribution in [-0.4, -0.2) is 16.9 Å². The van der Waals surface area contributed by atoms with Gasteiger partial charge in [-0.05, 0) is 36.5 Å².